The van der Waals surface area contributed by atoms with E-state index in [0.29, 0.717) is 0 Å². The van der Waals surface area contributed by atoms with Crippen molar-refractivity contribution in [2.75, 3.05) is 23.5 Å². The quantitative estimate of drug-likeness (QED) is 0.290. The first-order chi connectivity index (χ1) is 9.99. The van der Waals surface area contributed by atoms with Gasteiger partial charge in [0.05, 0.1) is 10.3 Å². The molecule has 0 saturated heterocycles. The number of rotatable bonds is 11. The summed E-state index contributed by atoms with van der Waals surface area (Å²) in [5.41, 5.74) is 0. The third-order valence-electron chi connectivity index (χ3n) is 4.01. The van der Waals surface area contributed by atoms with E-state index in [1.54, 1.807) is 0 Å². The molecule has 0 saturated carbocycles. The maximum absolute atomic E-state index is 12.2. The highest BCUT2D eigenvalue weighted by Gasteiger charge is 2.67. The topological polar surface area (TPSA) is 115 Å². The summed E-state index contributed by atoms with van der Waals surface area (Å²) in [6.45, 7) is 0. The lowest BCUT2D eigenvalue weighted by Gasteiger charge is -2.50. The Morgan fingerprint density at radius 1 is 0.591 bits per heavy atom. The van der Waals surface area contributed by atoms with Gasteiger partial charge in [-0.25, -0.2) is 0 Å². The van der Waals surface area contributed by atoms with E-state index < -0.39 is 25.5 Å². The molecule has 4 N–H and O–H groups in total. The molecule has 0 amide bonds. The molecular weight excluding hydrogens is 420 g/mol. The predicted molar refractivity (Wildman–Crippen MR) is 90.9 cm³/mol. The zero-order chi connectivity index (χ0) is 17.7. The van der Waals surface area contributed by atoms with Crippen molar-refractivity contribution in [1.29, 1.82) is 0 Å². The summed E-state index contributed by atoms with van der Waals surface area (Å²) in [4.78, 5) is 39.6. The summed E-state index contributed by atoms with van der Waals surface area (Å²) in [7, 11) is -9.99. The molecule has 6 nitrogen and oxygen atoms in total. The van der Waals surface area contributed by atoms with E-state index in [4.69, 9.17) is 46.4 Å². The van der Waals surface area contributed by atoms with Crippen LogP contribution < -0.4 is 0 Å². The zero-order valence-electron chi connectivity index (χ0n) is 11.7. The highest BCUT2D eigenvalue weighted by Crippen LogP contribution is 2.72. The Morgan fingerprint density at radius 3 is 0.864 bits per heavy atom. The van der Waals surface area contributed by atoms with Crippen molar-refractivity contribution in [1.82, 2.24) is 0 Å². The Balaban J connectivity index is 6.61. The lowest BCUT2D eigenvalue weighted by molar-refractivity contribution is 0.222. The molecule has 0 aromatic rings. The minimum absolute atomic E-state index is 0.200. The van der Waals surface area contributed by atoms with E-state index in [-0.39, 0.29) is 49.2 Å². The largest absolute Gasteiger partial charge is 0.332 e. The van der Waals surface area contributed by atoms with Gasteiger partial charge in [0.15, 0.2) is 0 Å². The molecular formula is C10H20Cl4O6P2. The molecule has 0 heterocycles. The number of alkyl halides is 4. The highest BCUT2D eigenvalue weighted by molar-refractivity contribution is 7.58. The van der Waals surface area contributed by atoms with Crippen molar-refractivity contribution in [3.63, 3.8) is 0 Å². The average Bonchev–Trinajstić information content (AvgIpc) is 2.35. The monoisotopic (exact) mass is 438 g/mol. The van der Waals surface area contributed by atoms with Gasteiger partial charge in [0.2, 0.25) is 0 Å². The predicted octanol–water partition coefficient (Wildman–Crippen LogP) is 3.34. The van der Waals surface area contributed by atoms with E-state index in [0.717, 1.165) is 0 Å². The van der Waals surface area contributed by atoms with Crippen LogP contribution in [0.5, 0.6) is 0 Å². The molecule has 22 heavy (non-hydrogen) atoms. The minimum Gasteiger partial charge on any atom is -0.324 e. The molecule has 12 heteroatoms. The summed E-state index contributed by atoms with van der Waals surface area (Å²) >= 11 is 22.7. The van der Waals surface area contributed by atoms with Gasteiger partial charge >= 0.3 is 15.2 Å². The fourth-order valence-electron chi connectivity index (χ4n) is 2.93. The number of halogens is 4. The van der Waals surface area contributed by atoms with Crippen LogP contribution in [0, 0.1) is 0 Å². The molecule has 0 atom stereocenters. The normalized spacial score (nSPS) is 14.4. The van der Waals surface area contributed by atoms with Gasteiger partial charge in [-0.15, -0.1) is 46.4 Å². The van der Waals surface area contributed by atoms with Crippen LogP contribution in [0.25, 0.3) is 0 Å². The van der Waals surface area contributed by atoms with Crippen LogP contribution in [0.4, 0.5) is 0 Å². The molecule has 0 aliphatic carbocycles. The molecule has 0 aromatic carbocycles. The molecule has 0 unspecified atom stereocenters. The number of hydrogen-bond acceptors (Lipinski definition) is 2. The second-order valence-corrected chi connectivity index (χ2v) is 10.3. The molecule has 0 aliphatic rings. The Morgan fingerprint density at radius 2 is 0.773 bits per heavy atom. The first-order valence-electron chi connectivity index (χ1n) is 6.35. The van der Waals surface area contributed by atoms with Gasteiger partial charge in [-0.05, 0) is 25.7 Å². The molecule has 0 spiro atoms. The van der Waals surface area contributed by atoms with E-state index >= 15 is 0 Å². The summed E-state index contributed by atoms with van der Waals surface area (Å²) in [6.07, 6.45) is -1.26. The van der Waals surface area contributed by atoms with Gasteiger partial charge in [0.1, 0.15) is 0 Å². The third-order valence-corrected chi connectivity index (χ3v) is 8.93. The smallest absolute Gasteiger partial charge is 0.324 e. The van der Waals surface area contributed by atoms with E-state index in [1.807, 2.05) is 0 Å². The third kappa shape index (κ3) is 4.54. The van der Waals surface area contributed by atoms with Gasteiger partial charge in [-0.2, -0.15) is 0 Å². The van der Waals surface area contributed by atoms with Crippen LogP contribution in [0.2, 0.25) is 0 Å². The van der Waals surface area contributed by atoms with E-state index in [9.17, 15) is 28.7 Å². The zero-order valence-corrected chi connectivity index (χ0v) is 16.5. The van der Waals surface area contributed by atoms with Crippen molar-refractivity contribution in [2.45, 2.75) is 36.0 Å². The van der Waals surface area contributed by atoms with Crippen molar-refractivity contribution >= 4 is 61.6 Å². The highest BCUT2D eigenvalue weighted by atomic mass is 35.5. The van der Waals surface area contributed by atoms with Crippen LogP contribution in [0.1, 0.15) is 25.7 Å². The van der Waals surface area contributed by atoms with Crippen molar-refractivity contribution in [2.24, 2.45) is 0 Å². The minimum atomic E-state index is -5.00. The first-order valence-corrected chi connectivity index (χ1v) is 11.7. The van der Waals surface area contributed by atoms with Gasteiger partial charge in [0.25, 0.3) is 0 Å². The molecule has 0 aliphatic heterocycles. The maximum atomic E-state index is 12.2. The molecule has 0 fully saturated rings. The molecule has 134 valence electrons. The van der Waals surface area contributed by atoms with E-state index in [1.165, 1.54) is 0 Å². The average molecular weight is 440 g/mol. The standard InChI is InChI=1S/C10H20Cl4O6P2/c11-5-1-9(2-6-12,21(15,16)17)10(3-7-13,4-8-14)22(18,19)20/h1-8H2,(H2,15,16,17)(H2,18,19,20). The summed E-state index contributed by atoms with van der Waals surface area (Å²) in [5.74, 6) is -0.800. The van der Waals surface area contributed by atoms with Crippen LogP contribution in [-0.2, 0) is 9.13 Å². The van der Waals surface area contributed by atoms with Gasteiger partial charge in [-0.3, -0.25) is 9.13 Å². The van der Waals surface area contributed by atoms with Gasteiger partial charge in [0, 0.05) is 23.5 Å². The van der Waals surface area contributed by atoms with Crippen molar-refractivity contribution in [3.8, 4) is 0 Å². The lowest BCUT2D eigenvalue weighted by atomic mass is 9.81. The number of hydrogen-bond donors (Lipinski definition) is 4. The van der Waals surface area contributed by atoms with E-state index in [2.05, 4.69) is 0 Å². The molecule has 0 rings (SSSR count). The second kappa shape index (κ2) is 9.24. The lowest BCUT2D eigenvalue weighted by Crippen LogP contribution is -2.54. The maximum Gasteiger partial charge on any atom is 0.332 e. The summed E-state index contributed by atoms with van der Waals surface area (Å²) in [5, 5.41) is -4.18. The van der Waals surface area contributed by atoms with Gasteiger partial charge < -0.3 is 19.6 Å². The van der Waals surface area contributed by atoms with Crippen molar-refractivity contribution < 1.29 is 28.7 Å². The Labute approximate surface area is 149 Å². The fourth-order valence-corrected chi connectivity index (χ4v) is 8.67. The SMILES string of the molecule is O=P(O)(O)C(CCCl)(CCCl)C(CCCl)(CCCl)P(=O)(O)O. The molecule has 0 aromatic heterocycles. The second-order valence-electron chi connectivity index (χ2n) is 4.91. The van der Waals surface area contributed by atoms with Crippen LogP contribution in [0.15, 0.2) is 0 Å². The Kier molecular flexibility index (Phi) is 9.85. The van der Waals surface area contributed by atoms with Crippen molar-refractivity contribution in [3.05, 3.63) is 0 Å². The van der Waals surface area contributed by atoms with Crippen LogP contribution in [-0.4, -0.2) is 53.4 Å². The first kappa shape index (κ1) is 23.5. The fraction of sp³-hybridized carbons (Fsp3) is 1.00. The summed E-state index contributed by atoms with van der Waals surface area (Å²) < 4.78 is 24.4. The molecule has 0 bridgehead atoms. The summed E-state index contributed by atoms with van der Waals surface area (Å²) in [6, 6.07) is 0. The van der Waals surface area contributed by atoms with Crippen LogP contribution in [0.3, 0.4) is 0 Å². The van der Waals surface area contributed by atoms with Gasteiger partial charge in [-0.1, -0.05) is 0 Å². The molecule has 0 radical (unpaired) electrons. The Hall–Kier alpha value is 1.46. The van der Waals surface area contributed by atoms with Crippen LogP contribution >= 0.6 is 61.6 Å². The Bertz CT molecular complexity index is 385.